The highest BCUT2D eigenvalue weighted by Gasteiger charge is 2.28. The van der Waals surface area contributed by atoms with Gasteiger partial charge in [0.1, 0.15) is 11.6 Å². The number of amides is 2. The van der Waals surface area contributed by atoms with Crippen LogP contribution in [0.25, 0.3) is 0 Å². The smallest absolute Gasteiger partial charge is 0.256 e. The lowest BCUT2D eigenvalue weighted by Crippen LogP contribution is -2.34. The van der Waals surface area contributed by atoms with Gasteiger partial charge in [-0.15, -0.1) is 0 Å². The predicted octanol–water partition coefficient (Wildman–Crippen LogP) is 2.31. The Morgan fingerprint density at radius 2 is 2.15 bits per heavy atom. The van der Waals surface area contributed by atoms with Gasteiger partial charge >= 0.3 is 0 Å². The highest BCUT2D eigenvalue weighted by molar-refractivity contribution is 5.98. The van der Waals surface area contributed by atoms with Crippen LogP contribution in [0.15, 0.2) is 36.4 Å². The number of pyridine rings is 1. The fourth-order valence-corrected chi connectivity index (χ4v) is 2.81. The molecule has 0 unspecified atom stereocenters. The van der Waals surface area contributed by atoms with Crippen LogP contribution in [-0.4, -0.2) is 34.8 Å². The third-order valence-electron chi connectivity index (χ3n) is 4.22. The SMILES string of the molecule is CCC(=O)NCCN1Cc2nc(NCc3cccc(F)c3)ccc2C1=O. The molecule has 26 heavy (non-hydrogen) atoms. The monoisotopic (exact) mass is 356 g/mol. The number of carbonyl (C=O) groups is 2. The number of benzene rings is 1. The van der Waals surface area contributed by atoms with Crippen molar-refractivity contribution in [2.75, 3.05) is 18.4 Å². The summed E-state index contributed by atoms with van der Waals surface area (Å²) < 4.78 is 13.2. The Bertz CT molecular complexity index is 825. The third-order valence-corrected chi connectivity index (χ3v) is 4.22. The van der Waals surface area contributed by atoms with E-state index in [0.29, 0.717) is 49.7 Å². The Balaban J connectivity index is 1.59. The quantitative estimate of drug-likeness (QED) is 0.798. The summed E-state index contributed by atoms with van der Waals surface area (Å²) in [6.45, 7) is 3.54. The number of halogens is 1. The molecule has 0 atom stereocenters. The first-order valence-corrected chi connectivity index (χ1v) is 8.61. The summed E-state index contributed by atoms with van der Waals surface area (Å²) in [5.74, 6) is 0.260. The lowest BCUT2D eigenvalue weighted by atomic mass is 10.2. The number of anilines is 1. The standard InChI is InChI=1S/C19H21FN4O2/c1-2-18(25)21-8-9-24-12-16-15(19(24)26)6-7-17(23-16)22-11-13-4-3-5-14(20)10-13/h3-7,10H,2,8-9,11-12H2,1H3,(H,21,25)(H,22,23). The second kappa shape index (κ2) is 7.95. The molecule has 7 heteroatoms. The van der Waals surface area contributed by atoms with Gasteiger partial charge in [-0.05, 0) is 29.8 Å². The van der Waals surface area contributed by atoms with Crippen LogP contribution in [0.4, 0.5) is 10.2 Å². The molecule has 6 nitrogen and oxygen atoms in total. The largest absolute Gasteiger partial charge is 0.366 e. The number of nitrogens with zero attached hydrogens (tertiary/aromatic N) is 2. The van der Waals surface area contributed by atoms with E-state index in [1.807, 2.05) is 6.07 Å². The minimum Gasteiger partial charge on any atom is -0.366 e. The predicted molar refractivity (Wildman–Crippen MR) is 96.0 cm³/mol. The van der Waals surface area contributed by atoms with Crippen molar-refractivity contribution >= 4 is 17.6 Å². The minimum atomic E-state index is -0.275. The van der Waals surface area contributed by atoms with E-state index in [-0.39, 0.29) is 17.6 Å². The number of hydrogen-bond acceptors (Lipinski definition) is 4. The Hall–Kier alpha value is -2.96. The van der Waals surface area contributed by atoms with Gasteiger partial charge in [-0.1, -0.05) is 19.1 Å². The fraction of sp³-hybridized carbons (Fsp3) is 0.316. The molecule has 1 aliphatic rings. The number of aromatic nitrogens is 1. The molecule has 2 aromatic rings. The first kappa shape index (κ1) is 17.8. The van der Waals surface area contributed by atoms with E-state index in [0.717, 1.165) is 5.56 Å². The molecule has 0 saturated heterocycles. The van der Waals surface area contributed by atoms with E-state index in [2.05, 4.69) is 15.6 Å². The molecule has 0 aliphatic carbocycles. The lowest BCUT2D eigenvalue weighted by Gasteiger charge is -2.15. The molecule has 0 bridgehead atoms. The average Bonchev–Trinajstić information content (AvgIpc) is 2.95. The summed E-state index contributed by atoms with van der Waals surface area (Å²) in [4.78, 5) is 29.8. The maximum Gasteiger partial charge on any atom is 0.256 e. The molecule has 2 N–H and O–H groups in total. The van der Waals surface area contributed by atoms with Crippen LogP contribution in [0.2, 0.25) is 0 Å². The van der Waals surface area contributed by atoms with Crippen LogP contribution >= 0.6 is 0 Å². The van der Waals surface area contributed by atoms with Crippen molar-refractivity contribution in [1.29, 1.82) is 0 Å². The van der Waals surface area contributed by atoms with E-state index >= 15 is 0 Å². The summed E-state index contributed by atoms with van der Waals surface area (Å²) in [7, 11) is 0. The van der Waals surface area contributed by atoms with Crippen LogP contribution in [0.3, 0.4) is 0 Å². The topological polar surface area (TPSA) is 74.3 Å². The summed E-state index contributed by atoms with van der Waals surface area (Å²) in [5, 5.41) is 5.91. The maximum absolute atomic E-state index is 13.2. The second-order valence-corrected chi connectivity index (χ2v) is 6.10. The number of rotatable bonds is 7. The molecule has 0 fully saturated rings. The Morgan fingerprint density at radius 1 is 1.31 bits per heavy atom. The van der Waals surface area contributed by atoms with Crippen molar-refractivity contribution in [3.8, 4) is 0 Å². The van der Waals surface area contributed by atoms with Crippen molar-refractivity contribution in [2.45, 2.75) is 26.4 Å². The minimum absolute atomic E-state index is 0.0314. The molecule has 1 aromatic heterocycles. The van der Waals surface area contributed by atoms with Gasteiger partial charge in [0.05, 0.1) is 17.8 Å². The first-order chi connectivity index (χ1) is 12.6. The van der Waals surface area contributed by atoms with Crippen molar-refractivity contribution < 1.29 is 14.0 Å². The number of fused-ring (bicyclic) bond motifs is 1. The summed E-state index contributed by atoms with van der Waals surface area (Å²) in [6.07, 6.45) is 0.427. The zero-order valence-corrected chi connectivity index (χ0v) is 14.6. The van der Waals surface area contributed by atoms with Gasteiger partial charge in [0, 0.05) is 26.1 Å². The van der Waals surface area contributed by atoms with Crippen LogP contribution < -0.4 is 10.6 Å². The molecule has 136 valence electrons. The van der Waals surface area contributed by atoms with Crippen LogP contribution in [0.1, 0.15) is 35.0 Å². The zero-order chi connectivity index (χ0) is 18.5. The van der Waals surface area contributed by atoms with Crippen molar-refractivity contribution in [3.63, 3.8) is 0 Å². The Morgan fingerprint density at radius 3 is 2.92 bits per heavy atom. The van der Waals surface area contributed by atoms with Crippen molar-refractivity contribution in [3.05, 3.63) is 59.0 Å². The fourth-order valence-electron chi connectivity index (χ4n) is 2.81. The van der Waals surface area contributed by atoms with Gasteiger partial charge in [-0.25, -0.2) is 9.37 Å². The highest BCUT2D eigenvalue weighted by atomic mass is 19.1. The molecular formula is C19H21FN4O2. The van der Waals surface area contributed by atoms with Gasteiger partial charge in [-0.3, -0.25) is 9.59 Å². The van der Waals surface area contributed by atoms with E-state index < -0.39 is 0 Å². The van der Waals surface area contributed by atoms with E-state index in [1.165, 1.54) is 12.1 Å². The number of hydrogen-bond donors (Lipinski definition) is 2. The molecular weight excluding hydrogens is 335 g/mol. The van der Waals surface area contributed by atoms with Crippen molar-refractivity contribution in [1.82, 2.24) is 15.2 Å². The third kappa shape index (κ3) is 4.17. The van der Waals surface area contributed by atoms with Gasteiger partial charge in [0.2, 0.25) is 5.91 Å². The first-order valence-electron chi connectivity index (χ1n) is 8.61. The summed E-state index contributed by atoms with van der Waals surface area (Å²) in [5.41, 5.74) is 2.11. The molecule has 0 radical (unpaired) electrons. The van der Waals surface area contributed by atoms with Crippen LogP contribution in [0.5, 0.6) is 0 Å². The Labute approximate surface area is 151 Å². The number of nitrogens with one attached hydrogen (secondary N) is 2. The van der Waals surface area contributed by atoms with Crippen molar-refractivity contribution in [2.24, 2.45) is 0 Å². The molecule has 1 aliphatic heterocycles. The summed E-state index contributed by atoms with van der Waals surface area (Å²) in [6, 6.07) is 9.87. The van der Waals surface area contributed by atoms with Crippen LogP contribution in [-0.2, 0) is 17.9 Å². The zero-order valence-electron chi connectivity index (χ0n) is 14.6. The summed E-state index contributed by atoms with van der Waals surface area (Å²) >= 11 is 0. The maximum atomic E-state index is 13.2. The molecule has 0 saturated carbocycles. The lowest BCUT2D eigenvalue weighted by molar-refractivity contribution is -0.120. The highest BCUT2D eigenvalue weighted by Crippen LogP contribution is 2.22. The van der Waals surface area contributed by atoms with E-state index in [9.17, 15) is 14.0 Å². The van der Waals surface area contributed by atoms with Gasteiger partial charge in [0.15, 0.2) is 0 Å². The Kier molecular flexibility index (Phi) is 5.46. The van der Waals surface area contributed by atoms with Crippen LogP contribution in [0, 0.1) is 5.82 Å². The van der Waals surface area contributed by atoms with E-state index in [4.69, 9.17) is 0 Å². The van der Waals surface area contributed by atoms with E-state index in [1.54, 1.807) is 30.0 Å². The number of carbonyl (C=O) groups excluding carboxylic acids is 2. The molecule has 1 aromatic carbocycles. The second-order valence-electron chi connectivity index (χ2n) is 6.10. The van der Waals surface area contributed by atoms with Gasteiger partial charge in [0.25, 0.3) is 5.91 Å². The molecule has 2 amide bonds. The van der Waals surface area contributed by atoms with Gasteiger partial charge in [-0.2, -0.15) is 0 Å². The van der Waals surface area contributed by atoms with Gasteiger partial charge < -0.3 is 15.5 Å². The normalized spacial score (nSPS) is 12.8. The molecule has 0 spiro atoms. The molecule has 3 rings (SSSR count). The average molecular weight is 356 g/mol. The molecule has 2 heterocycles.